The summed E-state index contributed by atoms with van der Waals surface area (Å²) in [5.74, 6) is 1.06. The average molecular weight is 235 g/mol. The molecule has 17 heavy (non-hydrogen) atoms. The van der Waals surface area contributed by atoms with E-state index in [9.17, 15) is 0 Å². The van der Waals surface area contributed by atoms with Gasteiger partial charge in [0.05, 0.1) is 0 Å². The van der Waals surface area contributed by atoms with Gasteiger partial charge in [0.1, 0.15) is 12.4 Å². The zero-order valence-corrected chi connectivity index (χ0v) is 12.0. The van der Waals surface area contributed by atoms with Crippen molar-refractivity contribution in [2.75, 3.05) is 27.2 Å². The van der Waals surface area contributed by atoms with E-state index in [0.29, 0.717) is 0 Å². The van der Waals surface area contributed by atoms with E-state index in [1.807, 2.05) is 0 Å². The number of rotatable bonds is 4. The molecule has 2 nitrogen and oxygen atoms in total. The minimum atomic E-state index is 0.124. The lowest BCUT2D eigenvalue weighted by Gasteiger charge is -2.24. The zero-order chi connectivity index (χ0) is 13.1. The van der Waals surface area contributed by atoms with Crippen LogP contribution >= 0.6 is 0 Å². The molecule has 0 aliphatic heterocycles. The molecule has 0 radical (unpaired) electrons. The highest BCUT2D eigenvalue weighted by Crippen LogP contribution is 2.33. The second-order valence-electron chi connectivity index (χ2n) is 5.85. The molecule has 0 aliphatic rings. The molecule has 0 saturated carbocycles. The Kier molecular flexibility index (Phi) is 4.58. The van der Waals surface area contributed by atoms with Gasteiger partial charge in [-0.3, -0.25) is 0 Å². The van der Waals surface area contributed by atoms with Crippen molar-refractivity contribution in [3.05, 3.63) is 29.3 Å². The van der Waals surface area contributed by atoms with Crippen molar-refractivity contribution in [3.63, 3.8) is 0 Å². The highest BCUT2D eigenvalue weighted by atomic mass is 16.5. The van der Waals surface area contributed by atoms with E-state index in [1.165, 1.54) is 11.1 Å². The van der Waals surface area contributed by atoms with Crippen molar-refractivity contribution in [2.45, 2.75) is 33.1 Å². The number of aryl methyl sites for hydroxylation is 1. The number of hydrogen-bond acceptors (Lipinski definition) is 2. The monoisotopic (exact) mass is 235 g/mol. The lowest BCUT2D eigenvalue weighted by atomic mass is 9.85. The summed E-state index contributed by atoms with van der Waals surface area (Å²) in [6, 6.07) is 6.38. The minimum Gasteiger partial charge on any atom is -0.492 e. The topological polar surface area (TPSA) is 12.5 Å². The van der Waals surface area contributed by atoms with Crippen LogP contribution in [0, 0.1) is 6.92 Å². The highest BCUT2D eigenvalue weighted by molar-refractivity contribution is 5.44. The molecule has 0 amide bonds. The Balaban J connectivity index is 2.89. The van der Waals surface area contributed by atoms with E-state index in [2.05, 4.69) is 64.9 Å². The number of para-hydroxylation sites is 1. The first-order valence-electron chi connectivity index (χ1n) is 6.20. The van der Waals surface area contributed by atoms with Crippen molar-refractivity contribution in [3.8, 4) is 5.75 Å². The molecular formula is C15H25NO. The Morgan fingerprint density at radius 1 is 1.18 bits per heavy atom. The number of hydrogen-bond donors (Lipinski definition) is 0. The third-order valence-electron chi connectivity index (χ3n) is 2.80. The molecule has 0 aliphatic carbocycles. The molecule has 2 heteroatoms. The van der Waals surface area contributed by atoms with E-state index >= 15 is 0 Å². The molecule has 0 N–H and O–H groups in total. The Morgan fingerprint density at radius 3 is 2.35 bits per heavy atom. The van der Waals surface area contributed by atoms with Gasteiger partial charge in [-0.25, -0.2) is 0 Å². The second kappa shape index (κ2) is 5.54. The molecular weight excluding hydrogens is 210 g/mol. The Morgan fingerprint density at radius 2 is 1.82 bits per heavy atom. The number of ether oxygens (including phenoxy) is 1. The first kappa shape index (κ1) is 14.0. The molecule has 1 aromatic rings. The maximum atomic E-state index is 5.96. The summed E-state index contributed by atoms with van der Waals surface area (Å²) in [4.78, 5) is 2.13. The van der Waals surface area contributed by atoms with Gasteiger partial charge in [-0.1, -0.05) is 39.0 Å². The molecule has 1 rings (SSSR count). The summed E-state index contributed by atoms with van der Waals surface area (Å²) in [5.41, 5.74) is 2.63. The van der Waals surface area contributed by atoms with Gasteiger partial charge in [0.2, 0.25) is 0 Å². The fraction of sp³-hybridized carbons (Fsp3) is 0.600. The van der Waals surface area contributed by atoms with Gasteiger partial charge in [-0.15, -0.1) is 0 Å². The first-order valence-corrected chi connectivity index (χ1v) is 6.20. The summed E-state index contributed by atoms with van der Waals surface area (Å²) >= 11 is 0. The zero-order valence-electron chi connectivity index (χ0n) is 12.0. The standard InChI is InChI=1S/C15H25NO/c1-12-8-7-9-13(15(2,3)4)14(12)17-11-10-16(5)6/h7-9H,10-11H2,1-6H3. The van der Waals surface area contributed by atoms with Crippen LogP contribution in [0.2, 0.25) is 0 Å². The van der Waals surface area contributed by atoms with Gasteiger partial charge in [0.25, 0.3) is 0 Å². The van der Waals surface area contributed by atoms with Crippen LogP contribution in [0.4, 0.5) is 0 Å². The third-order valence-corrected chi connectivity index (χ3v) is 2.80. The fourth-order valence-electron chi connectivity index (χ4n) is 1.76. The lowest BCUT2D eigenvalue weighted by Crippen LogP contribution is -2.21. The molecule has 0 spiro atoms. The summed E-state index contributed by atoms with van der Waals surface area (Å²) in [5, 5.41) is 0. The van der Waals surface area contributed by atoms with Crippen molar-refractivity contribution in [1.29, 1.82) is 0 Å². The summed E-state index contributed by atoms with van der Waals surface area (Å²) in [7, 11) is 4.12. The van der Waals surface area contributed by atoms with E-state index in [4.69, 9.17) is 4.74 Å². The molecule has 0 bridgehead atoms. The molecule has 0 fully saturated rings. The summed E-state index contributed by atoms with van der Waals surface area (Å²) < 4.78 is 5.96. The Hall–Kier alpha value is -1.02. The van der Waals surface area contributed by atoms with E-state index in [1.54, 1.807) is 0 Å². The molecule has 0 unspecified atom stereocenters. The van der Waals surface area contributed by atoms with Crippen LogP contribution in [0.1, 0.15) is 31.9 Å². The van der Waals surface area contributed by atoms with Crippen LogP contribution in [-0.4, -0.2) is 32.1 Å². The molecule has 0 aromatic heterocycles. The van der Waals surface area contributed by atoms with Crippen molar-refractivity contribution < 1.29 is 4.74 Å². The van der Waals surface area contributed by atoms with E-state index < -0.39 is 0 Å². The van der Waals surface area contributed by atoms with Gasteiger partial charge in [0.15, 0.2) is 0 Å². The molecule has 0 atom stereocenters. The Labute approximate surface area is 106 Å². The van der Waals surface area contributed by atoms with Crippen LogP contribution in [0.3, 0.4) is 0 Å². The molecule has 96 valence electrons. The van der Waals surface area contributed by atoms with Crippen molar-refractivity contribution >= 4 is 0 Å². The second-order valence-corrected chi connectivity index (χ2v) is 5.85. The normalized spacial score (nSPS) is 11.9. The van der Waals surface area contributed by atoms with Crippen LogP contribution in [0.5, 0.6) is 5.75 Å². The van der Waals surface area contributed by atoms with Crippen LogP contribution in [0.15, 0.2) is 18.2 Å². The number of likely N-dealkylation sites (N-methyl/N-ethyl adjacent to an activating group) is 1. The fourth-order valence-corrected chi connectivity index (χ4v) is 1.76. The Bertz CT molecular complexity index is 364. The van der Waals surface area contributed by atoms with E-state index in [0.717, 1.165) is 18.9 Å². The quantitative estimate of drug-likeness (QED) is 0.794. The van der Waals surface area contributed by atoms with Gasteiger partial charge < -0.3 is 9.64 Å². The molecule has 1 aromatic carbocycles. The summed E-state index contributed by atoms with van der Waals surface area (Å²) in [6.45, 7) is 10.5. The minimum absolute atomic E-state index is 0.124. The van der Waals surface area contributed by atoms with Gasteiger partial charge in [-0.05, 0) is 37.6 Å². The maximum Gasteiger partial charge on any atom is 0.125 e. The lowest BCUT2D eigenvalue weighted by molar-refractivity contribution is 0.255. The highest BCUT2D eigenvalue weighted by Gasteiger charge is 2.19. The number of nitrogens with zero attached hydrogens (tertiary/aromatic N) is 1. The average Bonchev–Trinajstić information content (AvgIpc) is 2.18. The van der Waals surface area contributed by atoms with Gasteiger partial charge in [-0.2, -0.15) is 0 Å². The van der Waals surface area contributed by atoms with Crippen LogP contribution in [-0.2, 0) is 5.41 Å². The first-order chi connectivity index (χ1) is 7.82. The van der Waals surface area contributed by atoms with E-state index in [-0.39, 0.29) is 5.41 Å². The largest absolute Gasteiger partial charge is 0.492 e. The SMILES string of the molecule is Cc1cccc(C(C)(C)C)c1OCCN(C)C. The molecule has 0 heterocycles. The predicted molar refractivity (Wildman–Crippen MR) is 73.9 cm³/mol. The number of benzene rings is 1. The molecule has 0 saturated heterocycles. The van der Waals surface area contributed by atoms with Gasteiger partial charge >= 0.3 is 0 Å². The van der Waals surface area contributed by atoms with Gasteiger partial charge in [0, 0.05) is 6.54 Å². The summed E-state index contributed by atoms with van der Waals surface area (Å²) in [6.07, 6.45) is 0. The smallest absolute Gasteiger partial charge is 0.125 e. The third kappa shape index (κ3) is 4.04. The van der Waals surface area contributed by atoms with Crippen molar-refractivity contribution in [1.82, 2.24) is 4.90 Å². The van der Waals surface area contributed by atoms with Crippen LogP contribution in [0.25, 0.3) is 0 Å². The van der Waals surface area contributed by atoms with Crippen molar-refractivity contribution in [2.24, 2.45) is 0 Å². The maximum absolute atomic E-state index is 5.96. The van der Waals surface area contributed by atoms with Crippen LogP contribution < -0.4 is 4.74 Å². The predicted octanol–water partition coefficient (Wildman–Crippen LogP) is 3.23.